The monoisotopic (exact) mass is 297 g/mol. The van der Waals surface area contributed by atoms with Gasteiger partial charge in [-0.05, 0) is 32.4 Å². The lowest BCUT2D eigenvalue weighted by Crippen LogP contribution is -2.49. The summed E-state index contributed by atoms with van der Waals surface area (Å²) < 4.78 is 18.8. The molecule has 0 amide bonds. The van der Waals surface area contributed by atoms with E-state index in [1.54, 1.807) is 19.1 Å². The minimum atomic E-state index is -1.49. The number of carbonyl (C=O) groups excluding carboxylic acids is 1. The van der Waals surface area contributed by atoms with Crippen molar-refractivity contribution in [1.82, 2.24) is 4.31 Å². The van der Waals surface area contributed by atoms with Gasteiger partial charge in [-0.1, -0.05) is 17.7 Å². The quantitative estimate of drug-likeness (QED) is 0.846. The van der Waals surface area contributed by atoms with Crippen LogP contribution in [0.3, 0.4) is 0 Å². The maximum Gasteiger partial charge on any atom is 0.327 e. The van der Waals surface area contributed by atoms with Crippen LogP contribution in [0.2, 0.25) is 0 Å². The largest absolute Gasteiger partial charge is 0.468 e. The third-order valence-electron chi connectivity index (χ3n) is 3.58. The second kappa shape index (κ2) is 5.63. The van der Waals surface area contributed by atoms with Crippen molar-refractivity contribution in [2.45, 2.75) is 36.8 Å². The van der Waals surface area contributed by atoms with E-state index in [4.69, 9.17) is 4.74 Å². The van der Waals surface area contributed by atoms with E-state index in [9.17, 15) is 14.1 Å². The highest BCUT2D eigenvalue weighted by molar-refractivity contribution is 7.82. The Morgan fingerprint density at radius 3 is 2.60 bits per heavy atom. The van der Waals surface area contributed by atoms with Crippen molar-refractivity contribution in [1.29, 1.82) is 0 Å². The zero-order valence-corrected chi connectivity index (χ0v) is 12.6. The van der Waals surface area contributed by atoms with Gasteiger partial charge < -0.3 is 9.84 Å². The molecule has 1 aromatic carbocycles. The first-order chi connectivity index (χ1) is 9.36. The molecular weight excluding hydrogens is 278 g/mol. The molecule has 2 rings (SSSR count). The fourth-order valence-electron chi connectivity index (χ4n) is 2.36. The molecule has 1 heterocycles. The first-order valence-corrected chi connectivity index (χ1v) is 7.53. The molecular formula is C14H19NO4S. The molecule has 0 radical (unpaired) electrons. The highest BCUT2D eigenvalue weighted by atomic mass is 32.2. The third kappa shape index (κ3) is 2.77. The Kier molecular flexibility index (Phi) is 4.27. The van der Waals surface area contributed by atoms with E-state index in [-0.39, 0.29) is 0 Å². The zero-order valence-electron chi connectivity index (χ0n) is 11.8. The van der Waals surface area contributed by atoms with Crippen LogP contribution in [-0.2, 0) is 20.5 Å². The van der Waals surface area contributed by atoms with Crippen LogP contribution in [0.1, 0.15) is 18.9 Å². The smallest absolute Gasteiger partial charge is 0.327 e. The Labute approximate surface area is 121 Å². The number of benzene rings is 1. The number of rotatable bonds is 3. The van der Waals surface area contributed by atoms with E-state index in [0.29, 0.717) is 17.9 Å². The maximum absolute atomic E-state index is 12.6. The summed E-state index contributed by atoms with van der Waals surface area (Å²) in [5.41, 5.74) is -0.156. The van der Waals surface area contributed by atoms with Gasteiger partial charge in [0.1, 0.15) is 17.0 Å². The van der Waals surface area contributed by atoms with Gasteiger partial charge in [0.25, 0.3) is 0 Å². The summed E-state index contributed by atoms with van der Waals surface area (Å²) in [5, 5.41) is 10.3. The number of esters is 1. The molecule has 0 aromatic heterocycles. The number of ether oxygens (including phenoxy) is 1. The highest BCUT2D eigenvalue weighted by Crippen LogP contribution is 2.32. The lowest BCUT2D eigenvalue weighted by atomic mass is 9.98. The number of hydrogen-bond donors (Lipinski definition) is 1. The van der Waals surface area contributed by atoms with Gasteiger partial charge >= 0.3 is 5.97 Å². The Bertz CT molecular complexity index is 526. The summed E-state index contributed by atoms with van der Waals surface area (Å²) >= 11 is 0. The molecule has 6 heteroatoms. The molecule has 1 aliphatic rings. The van der Waals surface area contributed by atoms with Crippen LogP contribution in [-0.4, -0.2) is 44.9 Å². The van der Waals surface area contributed by atoms with Crippen molar-refractivity contribution in [3.05, 3.63) is 29.8 Å². The average Bonchev–Trinajstić information content (AvgIpc) is 2.73. The van der Waals surface area contributed by atoms with Crippen molar-refractivity contribution in [2.75, 3.05) is 13.7 Å². The molecule has 1 aromatic rings. The predicted molar refractivity (Wildman–Crippen MR) is 75.3 cm³/mol. The van der Waals surface area contributed by atoms with Crippen LogP contribution in [0.5, 0.6) is 0 Å². The number of nitrogens with zero attached hydrogens (tertiary/aromatic N) is 1. The van der Waals surface area contributed by atoms with Gasteiger partial charge in [0.05, 0.1) is 17.6 Å². The summed E-state index contributed by atoms with van der Waals surface area (Å²) in [6, 6.07) is 6.37. The third-order valence-corrected chi connectivity index (χ3v) is 5.07. The van der Waals surface area contributed by atoms with E-state index < -0.39 is 28.6 Å². The van der Waals surface area contributed by atoms with Gasteiger partial charge in [-0.2, -0.15) is 0 Å². The molecule has 1 aliphatic heterocycles. The second-order valence-electron chi connectivity index (χ2n) is 5.24. The van der Waals surface area contributed by atoms with Gasteiger partial charge in [0, 0.05) is 6.54 Å². The maximum atomic E-state index is 12.6. The minimum Gasteiger partial charge on any atom is -0.468 e. The Morgan fingerprint density at radius 1 is 1.45 bits per heavy atom. The molecule has 1 saturated heterocycles. The molecule has 3 unspecified atom stereocenters. The summed E-state index contributed by atoms with van der Waals surface area (Å²) in [7, 11) is -0.226. The van der Waals surface area contributed by atoms with Crippen molar-refractivity contribution < 1.29 is 18.8 Å². The van der Waals surface area contributed by atoms with Crippen molar-refractivity contribution in [3.8, 4) is 0 Å². The van der Waals surface area contributed by atoms with Crippen molar-refractivity contribution in [3.63, 3.8) is 0 Å². The Hall–Kier alpha value is -1.24. The van der Waals surface area contributed by atoms with Crippen LogP contribution < -0.4 is 0 Å². The number of methoxy groups -OCH3 is 1. The normalized spacial score (nSPS) is 28.3. The fraction of sp³-hybridized carbons (Fsp3) is 0.500. The minimum absolute atomic E-state index is 0.379. The van der Waals surface area contributed by atoms with Crippen LogP contribution in [0.25, 0.3) is 0 Å². The summed E-state index contributed by atoms with van der Waals surface area (Å²) in [4.78, 5) is 12.5. The number of carbonyl (C=O) groups is 1. The summed E-state index contributed by atoms with van der Waals surface area (Å²) in [6.07, 6.45) is 0.379. The lowest BCUT2D eigenvalue weighted by Gasteiger charge is -2.28. The molecule has 20 heavy (non-hydrogen) atoms. The molecule has 0 aliphatic carbocycles. The van der Waals surface area contributed by atoms with Gasteiger partial charge in [-0.25, -0.2) is 8.51 Å². The van der Waals surface area contributed by atoms with Crippen LogP contribution in [0, 0.1) is 6.92 Å². The number of hydrogen-bond acceptors (Lipinski definition) is 4. The Morgan fingerprint density at radius 2 is 2.05 bits per heavy atom. The van der Waals surface area contributed by atoms with E-state index >= 15 is 0 Å². The Balaban J connectivity index is 2.29. The highest BCUT2D eigenvalue weighted by Gasteiger charge is 2.50. The molecule has 110 valence electrons. The number of aliphatic hydroxyl groups is 1. The second-order valence-corrected chi connectivity index (χ2v) is 6.67. The molecule has 0 spiro atoms. The van der Waals surface area contributed by atoms with E-state index in [2.05, 4.69) is 0 Å². The van der Waals surface area contributed by atoms with Crippen molar-refractivity contribution in [2.24, 2.45) is 0 Å². The van der Waals surface area contributed by atoms with Gasteiger partial charge in [0.15, 0.2) is 0 Å². The molecule has 0 bridgehead atoms. The summed E-state index contributed by atoms with van der Waals surface area (Å²) in [6.45, 7) is 3.90. The van der Waals surface area contributed by atoms with Gasteiger partial charge in [0.2, 0.25) is 0 Å². The van der Waals surface area contributed by atoms with E-state index in [0.717, 1.165) is 5.56 Å². The first kappa shape index (κ1) is 15.2. The molecule has 1 fully saturated rings. The zero-order chi connectivity index (χ0) is 14.9. The molecule has 5 nitrogen and oxygen atoms in total. The van der Waals surface area contributed by atoms with Gasteiger partial charge in [-0.3, -0.25) is 4.79 Å². The van der Waals surface area contributed by atoms with Crippen molar-refractivity contribution >= 4 is 17.0 Å². The fourth-order valence-corrected chi connectivity index (χ4v) is 3.77. The standard InChI is InChI=1S/C14H19NO4S/c1-10-4-6-11(7-5-10)20(18)15-9-8-14(2,17)12(15)13(16)19-3/h4-7,12,17H,8-9H2,1-3H3. The number of aryl methyl sites for hydroxylation is 1. The van der Waals surface area contributed by atoms with Crippen LogP contribution >= 0.6 is 0 Å². The topological polar surface area (TPSA) is 66.8 Å². The average molecular weight is 297 g/mol. The van der Waals surface area contributed by atoms with E-state index in [1.807, 2.05) is 19.1 Å². The SMILES string of the molecule is COC(=O)C1N(S(=O)c2ccc(C)cc2)CCC1(C)O. The van der Waals surface area contributed by atoms with Crippen LogP contribution in [0.4, 0.5) is 0 Å². The van der Waals surface area contributed by atoms with Gasteiger partial charge in [-0.15, -0.1) is 0 Å². The summed E-state index contributed by atoms with van der Waals surface area (Å²) in [5.74, 6) is -0.562. The molecule has 1 N–H and O–H groups in total. The molecule has 3 atom stereocenters. The lowest BCUT2D eigenvalue weighted by molar-refractivity contribution is -0.150. The van der Waals surface area contributed by atoms with Crippen LogP contribution in [0.15, 0.2) is 29.2 Å². The predicted octanol–water partition coefficient (Wildman–Crippen LogP) is 1.02. The first-order valence-electron chi connectivity index (χ1n) is 6.42. The van der Waals surface area contributed by atoms with E-state index in [1.165, 1.54) is 11.4 Å². The molecule has 0 saturated carbocycles.